The zero-order valence-electron chi connectivity index (χ0n) is 19.7. The van der Waals surface area contributed by atoms with Crippen LogP contribution in [0, 0.1) is 17.3 Å². The van der Waals surface area contributed by atoms with Gasteiger partial charge >= 0.3 is 0 Å². The quantitative estimate of drug-likeness (QED) is 0.629. The molecule has 0 amide bonds. The number of aliphatic hydroxyl groups excluding tert-OH is 1. The SMILES string of the molecule is CCc1ccc([C@H]2C[C@]3(C)C(CC[C@]3(O)CCCO)C3CCC4=CC(=O)CCC4=C32)cc1. The number of hydrogen-bond donors (Lipinski definition) is 2. The molecule has 0 aliphatic heterocycles. The predicted molar refractivity (Wildman–Crippen MR) is 127 cm³/mol. The first-order chi connectivity index (χ1) is 15.4. The fourth-order valence-corrected chi connectivity index (χ4v) is 7.82. The Kier molecular flexibility index (Phi) is 5.70. The smallest absolute Gasteiger partial charge is 0.156 e. The van der Waals surface area contributed by atoms with Crippen LogP contribution >= 0.6 is 0 Å². The number of rotatable bonds is 5. The second-order valence-electron chi connectivity index (χ2n) is 11.0. The van der Waals surface area contributed by atoms with Gasteiger partial charge in [-0.1, -0.05) is 43.7 Å². The Hall–Kier alpha value is -1.71. The third-order valence-electron chi connectivity index (χ3n) is 9.60. The van der Waals surface area contributed by atoms with Gasteiger partial charge in [0.15, 0.2) is 5.78 Å². The van der Waals surface area contributed by atoms with Gasteiger partial charge in [0.05, 0.1) is 5.60 Å². The fraction of sp³-hybridized carbons (Fsp3) is 0.621. The van der Waals surface area contributed by atoms with Crippen LogP contribution in [0.5, 0.6) is 0 Å². The van der Waals surface area contributed by atoms with Crippen molar-refractivity contribution < 1.29 is 15.0 Å². The third kappa shape index (κ3) is 3.35. The summed E-state index contributed by atoms with van der Waals surface area (Å²) < 4.78 is 0. The van der Waals surface area contributed by atoms with E-state index in [1.807, 2.05) is 6.08 Å². The molecule has 2 fully saturated rings. The maximum atomic E-state index is 12.2. The van der Waals surface area contributed by atoms with E-state index in [1.54, 1.807) is 5.57 Å². The fourth-order valence-electron chi connectivity index (χ4n) is 7.82. The number of allylic oxidation sites excluding steroid dienone is 4. The predicted octanol–water partition coefficient (Wildman–Crippen LogP) is 5.65. The standard InChI is InChI=1S/C29H38O3/c1-3-19-5-7-20(8-6-19)25-18-28(2)26(13-15-29(28,32)14-4-16-30)24-11-9-21-17-22(31)10-12-23(21)27(24)25/h5-8,17,24-26,30,32H,3-4,9-16,18H2,1-2H3/t24?,25-,26?,28-,29-/m1/s1. The molecule has 0 heterocycles. The van der Waals surface area contributed by atoms with Gasteiger partial charge in [0.25, 0.3) is 0 Å². The minimum atomic E-state index is -0.698. The van der Waals surface area contributed by atoms with Gasteiger partial charge in [0, 0.05) is 24.4 Å². The molecule has 3 nitrogen and oxygen atoms in total. The summed E-state index contributed by atoms with van der Waals surface area (Å²) >= 11 is 0. The molecule has 32 heavy (non-hydrogen) atoms. The summed E-state index contributed by atoms with van der Waals surface area (Å²) in [5.41, 5.74) is 6.24. The molecular weight excluding hydrogens is 396 g/mol. The normalized spacial score (nSPS) is 36.4. The van der Waals surface area contributed by atoms with Crippen LogP contribution in [0.1, 0.15) is 88.7 Å². The molecule has 0 aromatic heterocycles. The summed E-state index contributed by atoms with van der Waals surface area (Å²) in [6.45, 7) is 4.68. The number of aryl methyl sites for hydroxylation is 1. The summed E-state index contributed by atoms with van der Waals surface area (Å²) in [6, 6.07) is 9.15. The Morgan fingerprint density at radius 1 is 1.09 bits per heavy atom. The summed E-state index contributed by atoms with van der Waals surface area (Å²) in [5.74, 6) is 1.57. The molecule has 5 rings (SSSR count). The van der Waals surface area contributed by atoms with Crippen LogP contribution in [0.2, 0.25) is 0 Å². The average molecular weight is 435 g/mol. The zero-order chi connectivity index (χ0) is 22.5. The molecule has 4 aliphatic rings. The van der Waals surface area contributed by atoms with Gasteiger partial charge in [-0.15, -0.1) is 0 Å². The lowest BCUT2D eigenvalue weighted by Gasteiger charge is -2.55. The Balaban J connectivity index is 1.63. The van der Waals surface area contributed by atoms with E-state index < -0.39 is 5.60 Å². The highest BCUT2D eigenvalue weighted by Gasteiger charge is 2.62. The van der Waals surface area contributed by atoms with E-state index in [1.165, 1.54) is 22.3 Å². The van der Waals surface area contributed by atoms with Crippen LogP contribution in [0.25, 0.3) is 0 Å². The van der Waals surface area contributed by atoms with Crippen molar-refractivity contribution in [1.29, 1.82) is 0 Å². The summed E-state index contributed by atoms with van der Waals surface area (Å²) in [6.07, 6.45) is 10.8. The van der Waals surface area contributed by atoms with Crippen molar-refractivity contribution in [1.82, 2.24) is 0 Å². The molecule has 2 unspecified atom stereocenters. The number of carbonyl (C=O) groups is 1. The minimum absolute atomic E-state index is 0.142. The van der Waals surface area contributed by atoms with Crippen LogP contribution in [0.4, 0.5) is 0 Å². The monoisotopic (exact) mass is 434 g/mol. The van der Waals surface area contributed by atoms with Gasteiger partial charge in [0.2, 0.25) is 0 Å². The van der Waals surface area contributed by atoms with E-state index >= 15 is 0 Å². The van der Waals surface area contributed by atoms with Gasteiger partial charge < -0.3 is 10.2 Å². The highest BCUT2D eigenvalue weighted by atomic mass is 16.3. The average Bonchev–Trinajstić information content (AvgIpc) is 3.07. The number of fused-ring (bicyclic) bond motifs is 4. The summed E-state index contributed by atoms with van der Waals surface area (Å²) in [7, 11) is 0. The van der Waals surface area contributed by atoms with Crippen molar-refractivity contribution in [3.05, 3.63) is 58.2 Å². The largest absolute Gasteiger partial charge is 0.396 e. The van der Waals surface area contributed by atoms with E-state index in [9.17, 15) is 15.0 Å². The summed E-state index contributed by atoms with van der Waals surface area (Å²) in [4.78, 5) is 12.2. The van der Waals surface area contributed by atoms with Crippen LogP contribution in [0.3, 0.4) is 0 Å². The lowest BCUT2D eigenvalue weighted by Crippen LogP contribution is -2.51. The number of hydrogen-bond acceptors (Lipinski definition) is 3. The maximum Gasteiger partial charge on any atom is 0.156 e. The molecule has 1 aromatic carbocycles. The Morgan fingerprint density at radius 3 is 2.59 bits per heavy atom. The van der Waals surface area contributed by atoms with Crippen molar-refractivity contribution in [3.8, 4) is 0 Å². The van der Waals surface area contributed by atoms with Gasteiger partial charge in [-0.2, -0.15) is 0 Å². The third-order valence-corrected chi connectivity index (χ3v) is 9.60. The molecule has 0 saturated heterocycles. The van der Waals surface area contributed by atoms with Gasteiger partial charge in [-0.05, 0) is 98.0 Å². The molecule has 2 N–H and O–H groups in total. The minimum Gasteiger partial charge on any atom is -0.396 e. The lowest BCUT2D eigenvalue weighted by atomic mass is 9.51. The molecule has 0 spiro atoms. The van der Waals surface area contributed by atoms with Crippen LogP contribution in [-0.2, 0) is 11.2 Å². The number of benzene rings is 1. The summed E-state index contributed by atoms with van der Waals surface area (Å²) in [5, 5.41) is 21.4. The highest BCUT2D eigenvalue weighted by Crippen LogP contribution is 2.67. The van der Waals surface area contributed by atoms with Gasteiger partial charge in [-0.3, -0.25) is 4.79 Å². The van der Waals surface area contributed by atoms with Crippen LogP contribution in [-0.4, -0.2) is 28.2 Å². The van der Waals surface area contributed by atoms with Gasteiger partial charge in [-0.25, -0.2) is 0 Å². The highest BCUT2D eigenvalue weighted by molar-refractivity contribution is 5.93. The molecule has 3 heteroatoms. The van der Waals surface area contributed by atoms with E-state index in [2.05, 4.69) is 38.1 Å². The molecule has 0 bridgehead atoms. The Bertz CT molecular complexity index is 955. The van der Waals surface area contributed by atoms with Crippen molar-refractivity contribution >= 4 is 5.78 Å². The maximum absolute atomic E-state index is 12.2. The molecule has 4 aliphatic carbocycles. The first-order valence-electron chi connectivity index (χ1n) is 12.8. The number of aliphatic hydroxyl groups is 2. The topological polar surface area (TPSA) is 57.5 Å². The number of ketones is 1. The molecule has 1 aromatic rings. The second-order valence-corrected chi connectivity index (χ2v) is 11.0. The molecule has 0 radical (unpaired) electrons. The van der Waals surface area contributed by atoms with Crippen LogP contribution in [0.15, 0.2) is 47.1 Å². The van der Waals surface area contributed by atoms with Gasteiger partial charge in [0.1, 0.15) is 0 Å². The first kappa shape index (κ1) is 22.1. The zero-order valence-corrected chi connectivity index (χ0v) is 19.7. The molecule has 172 valence electrons. The lowest BCUT2D eigenvalue weighted by molar-refractivity contribution is -0.114. The van der Waals surface area contributed by atoms with E-state index in [-0.39, 0.29) is 17.8 Å². The molecule has 5 atom stereocenters. The molecule has 2 saturated carbocycles. The Morgan fingerprint density at radius 2 is 1.88 bits per heavy atom. The van der Waals surface area contributed by atoms with Crippen molar-refractivity contribution in [2.45, 2.75) is 89.6 Å². The number of carbonyl (C=O) groups excluding carboxylic acids is 1. The van der Waals surface area contributed by atoms with Crippen molar-refractivity contribution in [2.24, 2.45) is 17.3 Å². The van der Waals surface area contributed by atoms with E-state index in [0.29, 0.717) is 37.0 Å². The van der Waals surface area contributed by atoms with E-state index in [4.69, 9.17) is 0 Å². The first-order valence-corrected chi connectivity index (χ1v) is 12.8. The second kappa shape index (κ2) is 8.25. The van der Waals surface area contributed by atoms with Crippen molar-refractivity contribution in [2.75, 3.05) is 6.61 Å². The van der Waals surface area contributed by atoms with Crippen molar-refractivity contribution in [3.63, 3.8) is 0 Å². The van der Waals surface area contributed by atoms with E-state index in [0.717, 1.165) is 44.9 Å². The van der Waals surface area contributed by atoms with Crippen LogP contribution < -0.4 is 0 Å². The molecular formula is C29H38O3. The Labute approximate surface area is 192 Å².